The molecule has 0 aromatic heterocycles. The van der Waals surface area contributed by atoms with Crippen LogP contribution in [0.5, 0.6) is 0 Å². The second-order valence-electron chi connectivity index (χ2n) is 28.6. The number of aliphatic hydroxyl groups is 15. The topological polar surface area (TPSA) is 458 Å². The van der Waals surface area contributed by atoms with E-state index in [1.807, 2.05) is 40.7 Å². The molecule has 0 radical (unpaired) electrons. The molecule has 30 nitrogen and oxygen atoms in total. The molecule has 10 rings (SSSR count). The molecule has 34 atom stereocenters. The van der Waals surface area contributed by atoms with Crippen molar-refractivity contribution >= 4 is 11.9 Å². The number of rotatable bonds is 18. The van der Waals surface area contributed by atoms with Crippen molar-refractivity contribution in [2.45, 2.75) is 284 Å². The summed E-state index contributed by atoms with van der Waals surface area (Å²) in [7, 11) is 1.18. The highest BCUT2D eigenvalue weighted by atomic mass is 16.8. The molecule has 1 spiro atoms. The van der Waals surface area contributed by atoms with Crippen molar-refractivity contribution in [1.29, 1.82) is 0 Å². The normalized spacial score (nSPS) is 52.4. The average molecular weight is 1320 g/mol. The van der Waals surface area contributed by atoms with Crippen LogP contribution < -0.4 is 0 Å². The van der Waals surface area contributed by atoms with Crippen LogP contribution in [0.25, 0.3) is 0 Å². The highest BCUT2D eigenvalue weighted by molar-refractivity contribution is 5.87. The summed E-state index contributed by atoms with van der Waals surface area (Å²) in [6.07, 6.45) is -38.1. The van der Waals surface area contributed by atoms with Gasteiger partial charge in [0.25, 0.3) is 0 Å². The van der Waals surface area contributed by atoms with Crippen molar-refractivity contribution in [2.75, 3.05) is 33.5 Å². The summed E-state index contributed by atoms with van der Waals surface area (Å²) < 4.78 is 78.1. The first-order valence-electron chi connectivity index (χ1n) is 32.0. The van der Waals surface area contributed by atoms with E-state index < -0.39 is 243 Å². The van der Waals surface area contributed by atoms with Gasteiger partial charge in [-0.1, -0.05) is 51.0 Å². The van der Waals surface area contributed by atoms with E-state index in [2.05, 4.69) is 6.92 Å². The smallest absolute Gasteiger partial charge is 0.319 e. The number of hydrogen-bond acceptors (Lipinski definition) is 30. The Hall–Kier alpha value is -2.62. The third kappa shape index (κ3) is 11.6. The highest BCUT2D eigenvalue weighted by Gasteiger charge is 2.89. The molecule has 0 aromatic rings. The van der Waals surface area contributed by atoms with Crippen LogP contribution in [0.2, 0.25) is 0 Å². The number of fused-ring (bicyclic) bond motifs is 4. The van der Waals surface area contributed by atoms with Crippen molar-refractivity contribution in [2.24, 2.45) is 33.5 Å². The van der Waals surface area contributed by atoms with Gasteiger partial charge in [-0.25, -0.2) is 0 Å². The Bertz CT molecular complexity index is 2660. The zero-order valence-electron chi connectivity index (χ0n) is 53.5. The molecule has 0 aromatic carbocycles. The number of esters is 2. The van der Waals surface area contributed by atoms with Crippen molar-refractivity contribution in [3.63, 3.8) is 0 Å². The summed E-state index contributed by atoms with van der Waals surface area (Å²) in [5.41, 5.74) is -6.37. The second kappa shape index (κ2) is 26.9. The summed E-state index contributed by atoms with van der Waals surface area (Å²) in [4.78, 5) is 27.8. The Kier molecular flexibility index (Phi) is 21.1. The second-order valence-corrected chi connectivity index (χ2v) is 28.6. The van der Waals surface area contributed by atoms with Gasteiger partial charge in [-0.2, -0.15) is 0 Å². The maximum absolute atomic E-state index is 14.9. The number of aliphatic hydroxyl groups excluding tert-OH is 14. The SMILES string of the molecule is CO[C@@H]1[C@@H](O)[C@H](O[C@@H]2[C@@H](O)[C@H](O[C@H]3[C@H](O)[C@@H](O)[C@H](O[C@H]4[C@H](O[C@H]5CC[C@]6(C)C7=C[C@H](O)[C@]89C(=O)O[C@@](C)(CCC=C(C)C)[C@@]8(O)[C@@H](OC(C)=O)C[C@@]9(C)[C@@H]7CC[C@H]6C5(C)C)OC[C@@H](O[C@@H]5O[C@H](CO)[C@@H](O)[C@H](O)[C@H]5O)[C@@H]4O)O[C@@H]3C)O[C@H](CO)[C@H]2O)O[C@H](CO)[C@H]1O. The average Bonchev–Trinajstić information content (AvgIpc) is 1.45. The molecule has 3 saturated carbocycles. The van der Waals surface area contributed by atoms with Crippen LogP contribution >= 0.6 is 0 Å². The number of cyclic esters (lactones) is 1. The lowest BCUT2D eigenvalue weighted by molar-refractivity contribution is -0.394. The number of allylic oxidation sites excluding steroid dienone is 3. The van der Waals surface area contributed by atoms with Crippen LogP contribution in [0, 0.1) is 33.5 Å². The summed E-state index contributed by atoms with van der Waals surface area (Å²) in [5.74, 6) is -2.04. The molecule has 9 fully saturated rings. The van der Waals surface area contributed by atoms with Gasteiger partial charge in [0.2, 0.25) is 0 Å². The van der Waals surface area contributed by atoms with Gasteiger partial charge in [0.1, 0.15) is 127 Å². The van der Waals surface area contributed by atoms with E-state index in [1.54, 1.807) is 13.0 Å². The predicted molar refractivity (Wildman–Crippen MR) is 307 cm³/mol. The maximum Gasteiger partial charge on any atom is 0.319 e. The fourth-order valence-electron chi connectivity index (χ4n) is 17.8. The quantitative estimate of drug-likeness (QED) is 0.0354. The largest absolute Gasteiger partial charge is 0.459 e. The molecular weight excluding hydrogens is 1220 g/mol. The van der Waals surface area contributed by atoms with E-state index in [0.29, 0.717) is 32.1 Å². The van der Waals surface area contributed by atoms with E-state index in [1.165, 1.54) is 21.0 Å². The van der Waals surface area contributed by atoms with Gasteiger partial charge >= 0.3 is 11.9 Å². The molecule has 10 aliphatic rings. The van der Waals surface area contributed by atoms with E-state index in [-0.39, 0.29) is 18.8 Å². The van der Waals surface area contributed by atoms with Gasteiger partial charge in [0, 0.05) is 14.0 Å². The fraction of sp³-hybridized carbons (Fsp3) is 0.903. The van der Waals surface area contributed by atoms with Crippen LogP contribution in [-0.2, 0) is 71.2 Å². The lowest BCUT2D eigenvalue weighted by Gasteiger charge is -2.64. The molecule has 0 bridgehead atoms. The monoisotopic (exact) mass is 1320 g/mol. The molecular formula is C62H98O30. The molecule has 0 unspecified atom stereocenters. The van der Waals surface area contributed by atoms with Crippen molar-refractivity contribution in [3.8, 4) is 0 Å². The highest BCUT2D eigenvalue weighted by Crippen LogP contribution is 2.77. The molecule has 6 heterocycles. The van der Waals surface area contributed by atoms with Gasteiger partial charge in [-0.15, -0.1) is 0 Å². The van der Waals surface area contributed by atoms with Gasteiger partial charge < -0.3 is 138 Å². The zero-order chi connectivity index (χ0) is 67.4. The summed E-state index contributed by atoms with van der Waals surface area (Å²) in [5, 5.41) is 169. The molecule has 30 heteroatoms. The molecule has 92 heavy (non-hydrogen) atoms. The number of hydrogen-bond donors (Lipinski definition) is 15. The Balaban J connectivity index is 0.893. The minimum Gasteiger partial charge on any atom is -0.459 e. The van der Waals surface area contributed by atoms with E-state index in [4.69, 9.17) is 61.6 Å². The first-order valence-corrected chi connectivity index (χ1v) is 32.0. The Morgan fingerprint density at radius 3 is 1.77 bits per heavy atom. The van der Waals surface area contributed by atoms with Gasteiger partial charge in [-0.05, 0) is 101 Å². The molecule has 15 N–H and O–H groups in total. The maximum atomic E-state index is 14.9. The number of carbonyl (C=O) groups is 2. The summed E-state index contributed by atoms with van der Waals surface area (Å²) >= 11 is 0. The third-order valence-electron chi connectivity index (χ3n) is 22.7. The fourth-order valence-corrected chi connectivity index (χ4v) is 17.8. The minimum absolute atomic E-state index is 0.0580. The predicted octanol–water partition coefficient (Wildman–Crippen LogP) is -3.94. The molecule has 6 aliphatic heterocycles. The molecule has 526 valence electrons. The number of carbonyl (C=O) groups excluding carboxylic acids is 2. The van der Waals surface area contributed by atoms with Crippen LogP contribution in [0.3, 0.4) is 0 Å². The molecule has 6 saturated heterocycles. The summed E-state index contributed by atoms with van der Waals surface area (Å²) in [6, 6.07) is 0. The van der Waals surface area contributed by atoms with Crippen LogP contribution in [0.4, 0.5) is 0 Å². The van der Waals surface area contributed by atoms with Crippen molar-refractivity contribution in [3.05, 3.63) is 23.3 Å². The number of ether oxygens (including phenoxy) is 13. The third-order valence-corrected chi connectivity index (χ3v) is 22.7. The van der Waals surface area contributed by atoms with E-state index in [0.717, 1.165) is 11.1 Å². The van der Waals surface area contributed by atoms with Crippen molar-refractivity contribution < 1.29 is 148 Å². The minimum atomic E-state index is -2.14. The standard InChI is InChI=1S/C62H98O30/c1-24(2)12-11-16-60(9)62(79)36(83-26(4)66)19-59(8)27-13-14-33-57(5,6)35(15-17-58(33,7)28(27)18-34(67)61(59,62)56(78)92-60)88-55-50(40(71)32(23-81-55)87-52-43(74)41(72)37(68)29(20-63)84-52)91-51-44(75)42(73)47(25(3)82-51)89-54-46(77)49(39(70)31(22-65)86-54)90-53-45(76)48(80-10)38(69)30(21-64)85-53/h12,18,25,27,29-55,63-65,67-77,79H,11,13-17,19-23H2,1-10H3/t25-,27-,29-,30-,31-,32-,33+,34+,35+,36+,37-,38-,39-,40+,41+,42-,43-,44-,45-,46-,47-,48+,49+,50-,51+,52+,53+,54+,55+,58-,59+,60+,61-,62+/m1/s1. The Morgan fingerprint density at radius 2 is 1.17 bits per heavy atom. The molecule has 0 amide bonds. The molecule has 4 aliphatic carbocycles. The van der Waals surface area contributed by atoms with Gasteiger partial charge in [0.05, 0.1) is 44.7 Å². The lowest BCUT2D eigenvalue weighted by atomic mass is 9.40. The van der Waals surface area contributed by atoms with Crippen LogP contribution in [0.1, 0.15) is 107 Å². The van der Waals surface area contributed by atoms with Crippen LogP contribution in [0.15, 0.2) is 23.3 Å². The Labute approximate surface area is 532 Å². The van der Waals surface area contributed by atoms with E-state index >= 15 is 0 Å². The van der Waals surface area contributed by atoms with E-state index in [9.17, 15) is 86.2 Å². The zero-order valence-corrected chi connectivity index (χ0v) is 53.5. The first-order chi connectivity index (χ1) is 43.2. The van der Waals surface area contributed by atoms with Crippen LogP contribution in [-0.4, -0.2) is 299 Å². The Morgan fingerprint density at radius 1 is 0.620 bits per heavy atom. The lowest BCUT2D eigenvalue weighted by Crippen LogP contribution is -2.70. The first kappa shape index (κ1) is 72.1. The van der Waals surface area contributed by atoms with Crippen molar-refractivity contribution in [1.82, 2.24) is 0 Å². The van der Waals surface area contributed by atoms with Gasteiger partial charge in [0.15, 0.2) is 37.1 Å². The van der Waals surface area contributed by atoms with Gasteiger partial charge in [-0.3, -0.25) is 9.59 Å². The number of methoxy groups -OCH3 is 1. The summed E-state index contributed by atoms with van der Waals surface area (Å²) in [6.45, 7) is 13.3.